The van der Waals surface area contributed by atoms with Crippen molar-refractivity contribution in [1.29, 1.82) is 5.26 Å². The lowest BCUT2D eigenvalue weighted by Gasteiger charge is -2.20. The smallest absolute Gasteiger partial charge is 0.0991 e. The van der Waals surface area contributed by atoms with Crippen LogP contribution in [0.2, 0.25) is 0 Å². The van der Waals surface area contributed by atoms with Crippen molar-refractivity contribution >= 4 is 0 Å². The molecule has 86 valence electrons. The van der Waals surface area contributed by atoms with Gasteiger partial charge in [-0.2, -0.15) is 5.26 Å². The summed E-state index contributed by atoms with van der Waals surface area (Å²) in [5, 5.41) is 8.84. The standard InChI is InChI=1S/C14H20N2/c1-3-8-16(9-4-2)12-14-7-5-6-13(10-14)11-15/h5-7,10H,3-4,8-9,12H2,1-2H3. The van der Waals surface area contributed by atoms with Crippen LogP contribution in [0.15, 0.2) is 24.3 Å². The summed E-state index contributed by atoms with van der Waals surface area (Å²) in [4.78, 5) is 2.44. The Labute approximate surface area is 98.5 Å². The third-order valence-corrected chi connectivity index (χ3v) is 2.54. The summed E-state index contributed by atoms with van der Waals surface area (Å²) in [6, 6.07) is 10.1. The van der Waals surface area contributed by atoms with E-state index in [-0.39, 0.29) is 0 Å². The van der Waals surface area contributed by atoms with E-state index in [0.717, 1.165) is 25.2 Å². The van der Waals surface area contributed by atoms with Gasteiger partial charge in [0.2, 0.25) is 0 Å². The molecule has 1 aromatic carbocycles. The SMILES string of the molecule is CCCN(CCC)Cc1cccc(C#N)c1. The molecule has 0 aromatic heterocycles. The Kier molecular flexibility index (Phi) is 5.60. The first-order valence-corrected chi connectivity index (χ1v) is 6.01. The van der Waals surface area contributed by atoms with Gasteiger partial charge in [0.1, 0.15) is 0 Å². The van der Waals surface area contributed by atoms with Crippen LogP contribution in [-0.4, -0.2) is 18.0 Å². The monoisotopic (exact) mass is 216 g/mol. The molecule has 16 heavy (non-hydrogen) atoms. The molecule has 0 aliphatic carbocycles. The van der Waals surface area contributed by atoms with Crippen LogP contribution in [0.1, 0.15) is 37.8 Å². The van der Waals surface area contributed by atoms with Crippen LogP contribution in [0.3, 0.4) is 0 Å². The highest BCUT2D eigenvalue weighted by atomic mass is 15.1. The van der Waals surface area contributed by atoms with Gasteiger partial charge in [-0.25, -0.2) is 0 Å². The van der Waals surface area contributed by atoms with Crippen molar-refractivity contribution in [2.75, 3.05) is 13.1 Å². The van der Waals surface area contributed by atoms with Crippen LogP contribution in [-0.2, 0) is 6.54 Å². The molecule has 0 bridgehead atoms. The Morgan fingerprint density at radius 3 is 2.44 bits per heavy atom. The quantitative estimate of drug-likeness (QED) is 0.730. The molecule has 0 spiro atoms. The van der Waals surface area contributed by atoms with Crippen LogP contribution in [0.5, 0.6) is 0 Å². The van der Waals surface area contributed by atoms with E-state index in [1.807, 2.05) is 18.2 Å². The molecule has 0 aliphatic heterocycles. The minimum atomic E-state index is 0.755. The number of hydrogen-bond donors (Lipinski definition) is 0. The minimum absolute atomic E-state index is 0.755. The lowest BCUT2D eigenvalue weighted by Crippen LogP contribution is -2.24. The van der Waals surface area contributed by atoms with Crippen LogP contribution in [0.4, 0.5) is 0 Å². The number of hydrogen-bond acceptors (Lipinski definition) is 2. The van der Waals surface area contributed by atoms with Crippen LogP contribution >= 0.6 is 0 Å². The van der Waals surface area contributed by atoms with Gasteiger partial charge in [0.15, 0.2) is 0 Å². The van der Waals surface area contributed by atoms with Gasteiger partial charge >= 0.3 is 0 Å². The zero-order chi connectivity index (χ0) is 11.8. The topological polar surface area (TPSA) is 27.0 Å². The summed E-state index contributed by atoms with van der Waals surface area (Å²) < 4.78 is 0. The Morgan fingerprint density at radius 2 is 1.88 bits per heavy atom. The number of benzene rings is 1. The molecular formula is C14H20N2. The van der Waals surface area contributed by atoms with Crippen LogP contribution < -0.4 is 0 Å². The van der Waals surface area contributed by atoms with Gasteiger partial charge in [-0.15, -0.1) is 0 Å². The van der Waals surface area contributed by atoms with E-state index in [2.05, 4.69) is 30.9 Å². The lowest BCUT2D eigenvalue weighted by atomic mass is 10.1. The Hall–Kier alpha value is -1.33. The maximum atomic E-state index is 8.84. The fourth-order valence-corrected chi connectivity index (χ4v) is 1.90. The Bertz CT molecular complexity index is 346. The molecule has 0 aliphatic rings. The van der Waals surface area contributed by atoms with Crippen LogP contribution in [0, 0.1) is 11.3 Å². The van der Waals surface area contributed by atoms with Gasteiger partial charge in [0, 0.05) is 6.54 Å². The molecule has 2 heteroatoms. The maximum absolute atomic E-state index is 8.84. The van der Waals surface area contributed by atoms with Crippen molar-refractivity contribution < 1.29 is 0 Å². The highest BCUT2D eigenvalue weighted by Crippen LogP contribution is 2.08. The Morgan fingerprint density at radius 1 is 1.19 bits per heavy atom. The predicted octanol–water partition coefficient (Wildman–Crippen LogP) is 3.18. The number of rotatable bonds is 6. The van der Waals surface area contributed by atoms with E-state index in [1.54, 1.807) is 0 Å². The summed E-state index contributed by atoms with van der Waals surface area (Å²) in [6.07, 6.45) is 2.36. The van der Waals surface area contributed by atoms with Gasteiger partial charge in [-0.05, 0) is 43.6 Å². The predicted molar refractivity (Wildman–Crippen MR) is 67.0 cm³/mol. The van der Waals surface area contributed by atoms with E-state index in [9.17, 15) is 0 Å². The molecule has 0 radical (unpaired) electrons. The lowest BCUT2D eigenvalue weighted by molar-refractivity contribution is 0.266. The van der Waals surface area contributed by atoms with Gasteiger partial charge in [-0.1, -0.05) is 26.0 Å². The van der Waals surface area contributed by atoms with E-state index in [1.165, 1.54) is 18.4 Å². The third kappa shape index (κ3) is 4.04. The number of nitriles is 1. The zero-order valence-electron chi connectivity index (χ0n) is 10.2. The molecule has 0 N–H and O–H groups in total. The molecule has 0 heterocycles. The van der Waals surface area contributed by atoms with E-state index < -0.39 is 0 Å². The zero-order valence-corrected chi connectivity index (χ0v) is 10.2. The normalized spacial score (nSPS) is 10.4. The molecule has 0 saturated heterocycles. The maximum Gasteiger partial charge on any atom is 0.0991 e. The molecule has 0 unspecified atom stereocenters. The van der Waals surface area contributed by atoms with Crippen molar-refractivity contribution in [2.24, 2.45) is 0 Å². The molecule has 0 amide bonds. The first-order chi connectivity index (χ1) is 7.80. The summed E-state index contributed by atoms with van der Waals surface area (Å²) >= 11 is 0. The first-order valence-electron chi connectivity index (χ1n) is 6.01. The molecule has 0 saturated carbocycles. The van der Waals surface area contributed by atoms with Gasteiger partial charge in [-0.3, -0.25) is 4.90 Å². The second kappa shape index (κ2) is 7.03. The average Bonchev–Trinajstić information content (AvgIpc) is 2.30. The molecule has 2 nitrogen and oxygen atoms in total. The summed E-state index contributed by atoms with van der Waals surface area (Å²) in [5.74, 6) is 0. The van der Waals surface area contributed by atoms with Crippen molar-refractivity contribution in [2.45, 2.75) is 33.2 Å². The van der Waals surface area contributed by atoms with Crippen LogP contribution in [0.25, 0.3) is 0 Å². The van der Waals surface area contributed by atoms with E-state index in [0.29, 0.717) is 0 Å². The molecule has 0 atom stereocenters. The van der Waals surface area contributed by atoms with Crippen molar-refractivity contribution in [3.8, 4) is 6.07 Å². The van der Waals surface area contributed by atoms with Gasteiger partial charge < -0.3 is 0 Å². The molecule has 1 rings (SSSR count). The fraction of sp³-hybridized carbons (Fsp3) is 0.500. The van der Waals surface area contributed by atoms with Crippen molar-refractivity contribution in [3.63, 3.8) is 0 Å². The summed E-state index contributed by atoms with van der Waals surface area (Å²) in [5.41, 5.74) is 1.99. The largest absolute Gasteiger partial charge is 0.299 e. The first kappa shape index (κ1) is 12.7. The second-order valence-electron chi connectivity index (χ2n) is 4.09. The minimum Gasteiger partial charge on any atom is -0.299 e. The Balaban J connectivity index is 2.65. The molecule has 0 fully saturated rings. The number of nitrogens with zero attached hydrogens (tertiary/aromatic N) is 2. The molecule has 1 aromatic rings. The molecular weight excluding hydrogens is 196 g/mol. The van der Waals surface area contributed by atoms with Gasteiger partial charge in [0.05, 0.1) is 11.6 Å². The summed E-state index contributed by atoms with van der Waals surface area (Å²) in [6.45, 7) is 7.62. The highest BCUT2D eigenvalue weighted by molar-refractivity contribution is 5.32. The highest BCUT2D eigenvalue weighted by Gasteiger charge is 2.04. The summed E-state index contributed by atoms with van der Waals surface area (Å²) in [7, 11) is 0. The second-order valence-corrected chi connectivity index (χ2v) is 4.09. The van der Waals surface area contributed by atoms with Gasteiger partial charge in [0.25, 0.3) is 0 Å². The van der Waals surface area contributed by atoms with Crippen molar-refractivity contribution in [3.05, 3.63) is 35.4 Å². The fourth-order valence-electron chi connectivity index (χ4n) is 1.90. The third-order valence-electron chi connectivity index (χ3n) is 2.54. The average molecular weight is 216 g/mol. The van der Waals surface area contributed by atoms with E-state index >= 15 is 0 Å². The van der Waals surface area contributed by atoms with E-state index in [4.69, 9.17) is 5.26 Å². The van der Waals surface area contributed by atoms with Crippen molar-refractivity contribution in [1.82, 2.24) is 4.90 Å².